The molecule has 0 N–H and O–H groups in total. The minimum absolute atomic E-state index is 0.0150. The molecule has 3 heteroatoms. The van der Waals surface area contributed by atoms with Crippen LogP contribution in [0.2, 0.25) is 0 Å². The Kier molecular flexibility index (Phi) is 3.92. The molecule has 0 aliphatic heterocycles. The summed E-state index contributed by atoms with van der Waals surface area (Å²) in [7, 11) is 0. The topological polar surface area (TPSA) is 0 Å². The van der Waals surface area contributed by atoms with E-state index in [0.717, 1.165) is 30.4 Å². The van der Waals surface area contributed by atoms with Crippen LogP contribution in [0.3, 0.4) is 0 Å². The highest BCUT2D eigenvalue weighted by Crippen LogP contribution is 2.45. The lowest BCUT2D eigenvalue weighted by Crippen LogP contribution is -2.12. The van der Waals surface area contributed by atoms with Crippen LogP contribution in [0.15, 0.2) is 41.8 Å². The van der Waals surface area contributed by atoms with Crippen LogP contribution in [0, 0.1) is 23.5 Å². The molecular weight excluding hydrogens is 273 g/mol. The van der Waals surface area contributed by atoms with E-state index in [1.54, 1.807) is 13.0 Å². The molecule has 3 rings (SSSR count). The van der Waals surface area contributed by atoms with Gasteiger partial charge in [-0.25, -0.2) is 13.2 Å². The highest BCUT2D eigenvalue weighted by atomic mass is 19.2. The molecule has 3 atom stereocenters. The van der Waals surface area contributed by atoms with Crippen LogP contribution in [0.25, 0.3) is 0 Å². The molecule has 21 heavy (non-hydrogen) atoms. The van der Waals surface area contributed by atoms with E-state index < -0.39 is 11.6 Å². The van der Waals surface area contributed by atoms with Gasteiger partial charge in [0.25, 0.3) is 0 Å². The number of allylic oxidation sites excluding steroid dienone is 4. The Labute approximate surface area is 123 Å². The molecule has 0 amide bonds. The molecule has 3 unspecified atom stereocenters. The van der Waals surface area contributed by atoms with Crippen LogP contribution in [0.4, 0.5) is 13.2 Å². The summed E-state index contributed by atoms with van der Waals surface area (Å²) >= 11 is 0. The number of benzene rings is 1. The number of hydrogen-bond donors (Lipinski definition) is 0. The van der Waals surface area contributed by atoms with Crippen molar-refractivity contribution in [3.05, 3.63) is 58.9 Å². The highest BCUT2D eigenvalue weighted by Gasteiger charge is 2.32. The molecule has 112 valence electrons. The molecular formula is C18H19F3. The largest absolute Gasteiger partial charge is 0.212 e. The lowest BCUT2D eigenvalue weighted by molar-refractivity contribution is 0.367. The Morgan fingerprint density at radius 2 is 1.86 bits per heavy atom. The van der Waals surface area contributed by atoms with Crippen LogP contribution < -0.4 is 0 Å². The lowest BCUT2D eigenvalue weighted by atomic mass is 9.83. The molecule has 0 heterocycles. The standard InChI is InChI=1S/C18H19F3/c1-11-2-3-14(9-17(11)20)12-4-5-13(8-12)15-6-7-16(19)18(21)10-15/h2-3,6-7,10,12-14H,4-5,8-9H2,1H3. The van der Waals surface area contributed by atoms with Crippen molar-refractivity contribution in [1.82, 2.24) is 0 Å². The molecule has 0 nitrogen and oxygen atoms in total. The van der Waals surface area contributed by atoms with Crippen molar-refractivity contribution in [2.24, 2.45) is 11.8 Å². The molecule has 2 aliphatic rings. The fourth-order valence-corrected chi connectivity index (χ4v) is 3.59. The first-order chi connectivity index (χ1) is 10.0. The molecule has 0 saturated heterocycles. The van der Waals surface area contributed by atoms with Gasteiger partial charge in [-0.05, 0) is 67.2 Å². The molecule has 2 aliphatic carbocycles. The van der Waals surface area contributed by atoms with Crippen molar-refractivity contribution in [3.63, 3.8) is 0 Å². The first-order valence-corrected chi connectivity index (χ1v) is 7.53. The molecule has 1 aromatic carbocycles. The Balaban J connectivity index is 1.68. The molecule has 0 bridgehead atoms. The van der Waals surface area contributed by atoms with E-state index in [0.29, 0.717) is 12.3 Å². The van der Waals surface area contributed by atoms with Crippen molar-refractivity contribution in [2.45, 2.75) is 38.5 Å². The Morgan fingerprint density at radius 3 is 2.57 bits per heavy atom. The van der Waals surface area contributed by atoms with Crippen LogP contribution in [0.5, 0.6) is 0 Å². The van der Waals surface area contributed by atoms with Gasteiger partial charge in [0.2, 0.25) is 0 Å². The van der Waals surface area contributed by atoms with E-state index in [1.165, 1.54) is 12.1 Å². The summed E-state index contributed by atoms with van der Waals surface area (Å²) in [6, 6.07) is 4.18. The summed E-state index contributed by atoms with van der Waals surface area (Å²) in [5, 5.41) is 0. The van der Waals surface area contributed by atoms with Gasteiger partial charge in [0.05, 0.1) is 0 Å². The lowest BCUT2D eigenvalue weighted by Gasteiger charge is -2.23. The Bertz CT molecular complexity index is 600. The fourth-order valence-electron chi connectivity index (χ4n) is 3.59. The van der Waals surface area contributed by atoms with E-state index in [4.69, 9.17) is 0 Å². The second kappa shape index (κ2) is 5.70. The van der Waals surface area contributed by atoms with Gasteiger partial charge < -0.3 is 0 Å². The fraction of sp³-hybridized carbons (Fsp3) is 0.444. The van der Waals surface area contributed by atoms with Crippen molar-refractivity contribution in [2.75, 3.05) is 0 Å². The third-order valence-corrected chi connectivity index (χ3v) is 4.93. The third kappa shape index (κ3) is 2.92. The quantitative estimate of drug-likeness (QED) is 0.659. The molecule has 1 aromatic rings. The number of halogens is 3. The zero-order valence-corrected chi connectivity index (χ0v) is 12.1. The van der Waals surface area contributed by atoms with Crippen molar-refractivity contribution in [3.8, 4) is 0 Å². The normalized spacial score (nSPS) is 29.2. The maximum Gasteiger partial charge on any atom is 0.159 e. The molecule has 1 fully saturated rings. The van der Waals surface area contributed by atoms with Crippen LogP contribution in [-0.2, 0) is 0 Å². The van der Waals surface area contributed by atoms with Gasteiger partial charge in [-0.1, -0.05) is 18.2 Å². The molecule has 0 aromatic heterocycles. The second-order valence-corrected chi connectivity index (χ2v) is 6.26. The first kappa shape index (κ1) is 14.4. The minimum atomic E-state index is -0.800. The highest BCUT2D eigenvalue weighted by molar-refractivity contribution is 5.27. The van der Waals surface area contributed by atoms with Gasteiger partial charge in [-0.2, -0.15) is 0 Å². The smallest absolute Gasteiger partial charge is 0.159 e. The van der Waals surface area contributed by atoms with E-state index in [2.05, 4.69) is 6.08 Å². The predicted octanol–water partition coefficient (Wildman–Crippen LogP) is 5.67. The molecule has 0 radical (unpaired) electrons. The monoisotopic (exact) mass is 292 g/mol. The van der Waals surface area contributed by atoms with Crippen LogP contribution in [-0.4, -0.2) is 0 Å². The average Bonchev–Trinajstić information content (AvgIpc) is 2.94. The predicted molar refractivity (Wildman–Crippen MR) is 77.5 cm³/mol. The van der Waals surface area contributed by atoms with Gasteiger partial charge in [0, 0.05) is 6.42 Å². The SMILES string of the molecule is CC1=C(F)CC(C2CCC(c3ccc(F)c(F)c3)C2)C=C1. The van der Waals surface area contributed by atoms with Gasteiger partial charge in [0.15, 0.2) is 11.6 Å². The maximum absolute atomic E-state index is 13.7. The van der Waals surface area contributed by atoms with E-state index in [9.17, 15) is 13.2 Å². The van der Waals surface area contributed by atoms with Crippen molar-refractivity contribution >= 4 is 0 Å². The summed E-state index contributed by atoms with van der Waals surface area (Å²) in [6.45, 7) is 1.79. The van der Waals surface area contributed by atoms with Crippen LogP contribution >= 0.6 is 0 Å². The number of rotatable bonds is 2. The maximum atomic E-state index is 13.7. The van der Waals surface area contributed by atoms with E-state index in [-0.39, 0.29) is 17.7 Å². The first-order valence-electron chi connectivity index (χ1n) is 7.53. The molecule has 1 saturated carbocycles. The minimum Gasteiger partial charge on any atom is -0.212 e. The summed E-state index contributed by atoms with van der Waals surface area (Å²) in [5.41, 5.74) is 1.59. The van der Waals surface area contributed by atoms with Gasteiger partial charge in [-0.3, -0.25) is 0 Å². The van der Waals surface area contributed by atoms with Crippen molar-refractivity contribution in [1.29, 1.82) is 0 Å². The van der Waals surface area contributed by atoms with Gasteiger partial charge in [-0.15, -0.1) is 0 Å². The van der Waals surface area contributed by atoms with Gasteiger partial charge >= 0.3 is 0 Å². The average molecular weight is 292 g/mol. The zero-order chi connectivity index (χ0) is 15.0. The van der Waals surface area contributed by atoms with Crippen molar-refractivity contribution < 1.29 is 13.2 Å². The zero-order valence-electron chi connectivity index (χ0n) is 12.1. The molecule has 0 spiro atoms. The van der Waals surface area contributed by atoms with Gasteiger partial charge in [0.1, 0.15) is 5.83 Å². The third-order valence-electron chi connectivity index (χ3n) is 4.93. The number of hydrogen-bond acceptors (Lipinski definition) is 0. The summed E-state index contributed by atoms with van der Waals surface area (Å²) in [5.74, 6) is -0.668. The van der Waals surface area contributed by atoms with E-state index >= 15 is 0 Å². The Hall–Kier alpha value is -1.51. The van der Waals surface area contributed by atoms with Crippen LogP contribution in [0.1, 0.15) is 44.1 Å². The second-order valence-electron chi connectivity index (χ2n) is 6.26. The summed E-state index contributed by atoms with van der Waals surface area (Å²) in [6.07, 6.45) is 7.37. The summed E-state index contributed by atoms with van der Waals surface area (Å²) < 4.78 is 40.1. The van der Waals surface area contributed by atoms with E-state index in [1.807, 2.05) is 6.08 Å². The summed E-state index contributed by atoms with van der Waals surface area (Å²) in [4.78, 5) is 0. The Morgan fingerprint density at radius 1 is 1.05 bits per heavy atom.